The van der Waals surface area contributed by atoms with E-state index in [1.54, 1.807) is 6.26 Å². The van der Waals surface area contributed by atoms with Gasteiger partial charge in [-0.15, -0.1) is 24.0 Å². The molecule has 2 heterocycles. The number of likely N-dealkylation sites (tertiary alicyclic amines) is 1. The summed E-state index contributed by atoms with van der Waals surface area (Å²) < 4.78 is 5.57. The van der Waals surface area contributed by atoms with Crippen molar-refractivity contribution < 1.29 is 4.42 Å². The fraction of sp³-hybridized carbons (Fsp3) is 0.722. The van der Waals surface area contributed by atoms with Crippen molar-refractivity contribution in [1.29, 1.82) is 0 Å². The summed E-state index contributed by atoms with van der Waals surface area (Å²) >= 11 is 0. The van der Waals surface area contributed by atoms with Gasteiger partial charge >= 0.3 is 0 Å². The molecule has 6 nitrogen and oxygen atoms in total. The maximum Gasteiger partial charge on any atom is 0.191 e. The van der Waals surface area contributed by atoms with E-state index in [1.807, 2.05) is 19.2 Å². The Kier molecular flexibility index (Phi) is 9.23. The molecule has 25 heavy (non-hydrogen) atoms. The third-order valence-electron chi connectivity index (χ3n) is 4.87. The molecule has 144 valence electrons. The Morgan fingerprint density at radius 3 is 2.60 bits per heavy atom. The molecule has 1 aromatic heterocycles. The lowest BCUT2D eigenvalue weighted by molar-refractivity contribution is 0.257. The molecule has 0 spiro atoms. The van der Waals surface area contributed by atoms with Crippen molar-refractivity contribution >= 4 is 29.9 Å². The number of hydrogen-bond acceptors (Lipinski definition) is 4. The zero-order valence-electron chi connectivity index (χ0n) is 16.3. The van der Waals surface area contributed by atoms with Gasteiger partial charge in [-0.3, -0.25) is 14.8 Å². The molecule has 1 aromatic rings. The van der Waals surface area contributed by atoms with E-state index in [1.165, 1.54) is 0 Å². The number of nitrogens with zero attached hydrogens (tertiary/aromatic N) is 3. The first-order valence-electron chi connectivity index (χ1n) is 8.83. The lowest BCUT2D eigenvalue weighted by Gasteiger charge is -2.25. The summed E-state index contributed by atoms with van der Waals surface area (Å²) in [5.74, 6) is 2.43. The standard InChI is InChI=1S/C18H33N5O.HI/c1-13(2)23-11-14(3)15(12-23)21-18(19-4)20-10-16(22(5)6)17-8-7-9-24-17;/h7-9,13-16H,10-12H2,1-6H3,(H2,19,20,21);1H. The van der Waals surface area contributed by atoms with Gasteiger partial charge < -0.3 is 15.1 Å². The maximum absolute atomic E-state index is 5.57. The first-order valence-corrected chi connectivity index (χ1v) is 8.83. The highest BCUT2D eigenvalue weighted by atomic mass is 127. The molecule has 0 bridgehead atoms. The Hall–Kier alpha value is -0.800. The smallest absolute Gasteiger partial charge is 0.191 e. The molecule has 0 amide bonds. The van der Waals surface area contributed by atoms with Gasteiger partial charge in [0.2, 0.25) is 0 Å². The van der Waals surface area contributed by atoms with Crippen LogP contribution in [-0.4, -0.2) is 68.6 Å². The van der Waals surface area contributed by atoms with E-state index < -0.39 is 0 Å². The Morgan fingerprint density at radius 1 is 1.40 bits per heavy atom. The van der Waals surface area contributed by atoms with Crippen LogP contribution in [0.15, 0.2) is 27.8 Å². The minimum Gasteiger partial charge on any atom is -0.468 e. The summed E-state index contributed by atoms with van der Waals surface area (Å²) in [6.45, 7) is 9.77. The average Bonchev–Trinajstić information content (AvgIpc) is 3.16. The summed E-state index contributed by atoms with van der Waals surface area (Å²) in [5.41, 5.74) is 0. The summed E-state index contributed by atoms with van der Waals surface area (Å²) in [5, 5.41) is 7.04. The molecule has 0 aliphatic carbocycles. The number of furan rings is 1. The molecule has 1 fully saturated rings. The molecular weight excluding hydrogens is 429 g/mol. The molecule has 3 unspecified atom stereocenters. The van der Waals surface area contributed by atoms with Crippen LogP contribution >= 0.6 is 24.0 Å². The van der Waals surface area contributed by atoms with E-state index in [9.17, 15) is 0 Å². The van der Waals surface area contributed by atoms with Crippen molar-refractivity contribution in [3.05, 3.63) is 24.2 Å². The van der Waals surface area contributed by atoms with E-state index in [-0.39, 0.29) is 30.0 Å². The predicted molar refractivity (Wildman–Crippen MR) is 115 cm³/mol. The number of nitrogens with one attached hydrogen (secondary N) is 2. The van der Waals surface area contributed by atoms with Gasteiger partial charge in [-0.25, -0.2) is 0 Å². The average molecular weight is 463 g/mol. The van der Waals surface area contributed by atoms with E-state index >= 15 is 0 Å². The number of halogens is 1. The van der Waals surface area contributed by atoms with Crippen molar-refractivity contribution in [3.63, 3.8) is 0 Å². The number of likely N-dealkylation sites (N-methyl/N-ethyl adjacent to an activating group) is 1. The highest BCUT2D eigenvalue weighted by Gasteiger charge is 2.31. The SMILES string of the molecule is CN=C(NCC(c1ccco1)N(C)C)NC1CN(C(C)C)CC1C.I. The topological polar surface area (TPSA) is 56.0 Å². The van der Waals surface area contributed by atoms with Crippen LogP contribution in [0.3, 0.4) is 0 Å². The normalized spacial score (nSPS) is 23.0. The van der Waals surface area contributed by atoms with E-state index in [4.69, 9.17) is 4.42 Å². The van der Waals surface area contributed by atoms with E-state index in [0.29, 0.717) is 18.0 Å². The van der Waals surface area contributed by atoms with Crippen molar-refractivity contribution in [2.75, 3.05) is 40.8 Å². The molecule has 0 radical (unpaired) electrons. The summed E-state index contributed by atoms with van der Waals surface area (Å²) in [7, 11) is 5.95. The summed E-state index contributed by atoms with van der Waals surface area (Å²) in [6, 6.07) is 5.14. The number of aliphatic imine (C=N–C) groups is 1. The molecule has 2 rings (SSSR count). The van der Waals surface area contributed by atoms with Gasteiger partial charge in [0.05, 0.1) is 12.3 Å². The van der Waals surface area contributed by atoms with Gasteiger partial charge in [0.25, 0.3) is 0 Å². The van der Waals surface area contributed by atoms with Crippen molar-refractivity contribution in [2.45, 2.75) is 38.9 Å². The Labute approximate surface area is 169 Å². The lowest BCUT2D eigenvalue weighted by atomic mass is 10.1. The second kappa shape index (κ2) is 10.4. The fourth-order valence-corrected chi connectivity index (χ4v) is 3.20. The molecule has 2 N–H and O–H groups in total. The van der Waals surface area contributed by atoms with Crippen LogP contribution in [0.4, 0.5) is 0 Å². The van der Waals surface area contributed by atoms with Crippen LogP contribution in [0.25, 0.3) is 0 Å². The predicted octanol–water partition coefficient (Wildman–Crippen LogP) is 2.39. The van der Waals surface area contributed by atoms with Crippen molar-refractivity contribution in [1.82, 2.24) is 20.4 Å². The highest BCUT2D eigenvalue weighted by molar-refractivity contribution is 14.0. The number of guanidine groups is 1. The Morgan fingerprint density at radius 2 is 2.12 bits per heavy atom. The van der Waals surface area contributed by atoms with Gasteiger partial charge in [-0.1, -0.05) is 6.92 Å². The Bertz CT molecular complexity index is 518. The molecule has 7 heteroatoms. The van der Waals surface area contributed by atoms with Gasteiger partial charge in [-0.05, 0) is 46.0 Å². The molecule has 1 saturated heterocycles. The molecular formula is C18H34IN5O. The van der Waals surface area contributed by atoms with Gasteiger partial charge in [0.1, 0.15) is 5.76 Å². The van der Waals surface area contributed by atoms with Crippen LogP contribution in [0.1, 0.15) is 32.6 Å². The lowest BCUT2D eigenvalue weighted by Crippen LogP contribution is -2.48. The van der Waals surface area contributed by atoms with Crippen molar-refractivity contribution in [2.24, 2.45) is 10.9 Å². The zero-order chi connectivity index (χ0) is 17.7. The van der Waals surface area contributed by atoms with Gasteiger partial charge in [-0.2, -0.15) is 0 Å². The number of rotatable bonds is 6. The second-order valence-electron chi connectivity index (χ2n) is 7.22. The monoisotopic (exact) mass is 463 g/mol. The van der Waals surface area contributed by atoms with Crippen LogP contribution in [0.5, 0.6) is 0 Å². The molecule has 0 saturated carbocycles. The number of hydrogen-bond donors (Lipinski definition) is 2. The van der Waals surface area contributed by atoms with E-state index in [0.717, 1.165) is 31.4 Å². The molecule has 0 aromatic carbocycles. The van der Waals surface area contributed by atoms with Crippen LogP contribution < -0.4 is 10.6 Å². The minimum atomic E-state index is 0. The summed E-state index contributed by atoms with van der Waals surface area (Å²) in [4.78, 5) is 9.06. The molecule has 1 aliphatic rings. The van der Waals surface area contributed by atoms with Crippen LogP contribution in [0, 0.1) is 5.92 Å². The fourth-order valence-electron chi connectivity index (χ4n) is 3.20. The van der Waals surface area contributed by atoms with Crippen LogP contribution in [0.2, 0.25) is 0 Å². The van der Waals surface area contributed by atoms with Gasteiger partial charge in [0.15, 0.2) is 5.96 Å². The Balaban J connectivity index is 0.00000312. The first-order chi connectivity index (χ1) is 11.4. The third-order valence-corrected chi connectivity index (χ3v) is 4.87. The maximum atomic E-state index is 5.57. The summed E-state index contributed by atoms with van der Waals surface area (Å²) in [6.07, 6.45) is 1.72. The zero-order valence-corrected chi connectivity index (χ0v) is 18.7. The van der Waals surface area contributed by atoms with Gasteiger partial charge in [0, 0.05) is 38.8 Å². The quantitative estimate of drug-likeness (QED) is 0.386. The molecule has 3 atom stereocenters. The molecule has 1 aliphatic heterocycles. The largest absolute Gasteiger partial charge is 0.468 e. The highest BCUT2D eigenvalue weighted by Crippen LogP contribution is 2.19. The second-order valence-corrected chi connectivity index (χ2v) is 7.22. The van der Waals surface area contributed by atoms with Crippen molar-refractivity contribution in [3.8, 4) is 0 Å². The van der Waals surface area contributed by atoms with Crippen LogP contribution in [-0.2, 0) is 0 Å². The first kappa shape index (κ1) is 22.2. The third kappa shape index (κ3) is 6.14. The minimum absolute atomic E-state index is 0. The van der Waals surface area contributed by atoms with E-state index in [2.05, 4.69) is 60.3 Å².